The average Bonchev–Trinajstić information content (AvgIpc) is 2.73. The van der Waals surface area contributed by atoms with Crippen LogP contribution in [0, 0.1) is 6.92 Å². The summed E-state index contributed by atoms with van der Waals surface area (Å²) in [6.45, 7) is 5.39. The molecule has 6 heteroatoms. The van der Waals surface area contributed by atoms with E-state index in [4.69, 9.17) is 9.47 Å². The van der Waals surface area contributed by atoms with Crippen LogP contribution in [0.2, 0.25) is 0 Å². The van der Waals surface area contributed by atoms with Crippen LogP contribution in [0.1, 0.15) is 35.5 Å². The number of fused-ring (bicyclic) bond motifs is 1. The topological polar surface area (TPSA) is 77.5 Å². The number of rotatable bonds is 6. The molecule has 3 aromatic rings. The van der Waals surface area contributed by atoms with Crippen molar-refractivity contribution in [1.82, 2.24) is 4.98 Å². The van der Waals surface area contributed by atoms with Gasteiger partial charge in [-0.15, -0.1) is 0 Å². The number of aryl methyl sites for hydroxylation is 1. The van der Waals surface area contributed by atoms with Gasteiger partial charge in [-0.3, -0.25) is 9.78 Å². The lowest BCUT2D eigenvalue weighted by molar-refractivity contribution is -0.123. The Morgan fingerprint density at radius 3 is 2.62 bits per heavy atom. The second-order valence-electron chi connectivity index (χ2n) is 6.70. The fraction of sp³-hybridized carbons (Fsp3) is 0.261. The van der Waals surface area contributed by atoms with Crippen molar-refractivity contribution < 1.29 is 19.1 Å². The lowest BCUT2D eigenvalue weighted by Crippen LogP contribution is -2.30. The normalized spacial score (nSPS) is 11.7. The van der Waals surface area contributed by atoms with Gasteiger partial charge in [0, 0.05) is 22.8 Å². The molecule has 1 aromatic heterocycles. The first-order valence-electron chi connectivity index (χ1n) is 9.48. The van der Waals surface area contributed by atoms with E-state index < -0.39 is 18.0 Å². The van der Waals surface area contributed by atoms with Gasteiger partial charge in [0.2, 0.25) is 0 Å². The van der Waals surface area contributed by atoms with Gasteiger partial charge in [0.05, 0.1) is 18.2 Å². The maximum atomic E-state index is 13.0. The Morgan fingerprint density at radius 1 is 1.14 bits per heavy atom. The molecule has 0 aliphatic rings. The zero-order valence-electron chi connectivity index (χ0n) is 17.0. The number of nitrogens with one attached hydrogen (secondary N) is 1. The Balaban J connectivity index is 1.82. The number of benzene rings is 2. The first-order chi connectivity index (χ1) is 13.9. The number of anilines is 1. The van der Waals surface area contributed by atoms with Gasteiger partial charge in [-0.2, -0.15) is 0 Å². The summed E-state index contributed by atoms with van der Waals surface area (Å²) in [6, 6.07) is 14.4. The van der Waals surface area contributed by atoms with Crippen LogP contribution in [0.25, 0.3) is 10.9 Å². The smallest absolute Gasteiger partial charge is 0.339 e. The van der Waals surface area contributed by atoms with Crippen LogP contribution in [0.3, 0.4) is 0 Å². The molecule has 0 bridgehead atoms. The summed E-state index contributed by atoms with van der Waals surface area (Å²) < 4.78 is 10.7. The molecule has 0 aliphatic carbocycles. The quantitative estimate of drug-likeness (QED) is 0.633. The van der Waals surface area contributed by atoms with Gasteiger partial charge in [0.15, 0.2) is 6.10 Å². The summed E-state index contributed by atoms with van der Waals surface area (Å²) in [7, 11) is 1.55. The lowest BCUT2D eigenvalue weighted by atomic mass is 10.0. The van der Waals surface area contributed by atoms with E-state index in [0.29, 0.717) is 28.8 Å². The van der Waals surface area contributed by atoms with Crippen molar-refractivity contribution in [3.05, 3.63) is 65.4 Å². The highest BCUT2D eigenvalue weighted by atomic mass is 16.5. The van der Waals surface area contributed by atoms with Crippen molar-refractivity contribution in [2.24, 2.45) is 0 Å². The molecule has 0 radical (unpaired) electrons. The largest absolute Gasteiger partial charge is 0.497 e. The van der Waals surface area contributed by atoms with E-state index in [1.54, 1.807) is 38.3 Å². The Morgan fingerprint density at radius 2 is 1.90 bits per heavy atom. The number of hydrogen-bond acceptors (Lipinski definition) is 5. The third-order valence-electron chi connectivity index (χ3n) is 4.77. The molecule has 1 atom stereocenters. The number of pyridine rings is 1. The Bertz CT molecular complexity index is 1060. The van der Waals surface area contributed by atoms with Crippen LogP contribution in [0.4, 0.5) is 5.69 Å². The van der Waals surface area contributed by atoms with Gasteiger partial charge in [-0.25, -0.2) is 4.79 Å². The third-order valence-corrected chi connectivity index (χ3v) is 4.77. The zero-order chi connectivity index (χ0) is 21.0. The van der Waals surface area contributed by atoms with E-state index >= 15 is 0 Å². The Kier molecular flexibility index (Phi) is 6.12. The molecule has 1 heterocycles. The molecule has 0 spiro atoms. The molecule has 29 heavy (non-hydrogen) atoms. The molecule has 3 rings (SSSR count). The number of carbonyl (C=O) groups excluding carboxylic acids is 2. The van der Waals surface area contributed by atoms with Crippen LogP contribution in [-0.2, 0) is 16.0 Å². The second-order valence-corrected chi connectivity index (χ2v) is 6.70. The SMILES string of the molecule is CCc1nc2ccccc2c(C(=O)O[C@H](C)C(=O)Nc2cccc(OC)c2)c1C. The predicted octanol–water partition coefficient (Wildman–Crippen LogP) is 4.30. The average molecular weight is 392 g/mol. The zero-order valence-corrected chi connectivity index (χ0v) is 17.0. The monoisotopic (exact) mass is 392 g/mol. The summed E-state index contributed by atoms with van der Waals surface area (Å²) in [5.74, 6) is -0.333. The molecular weight excluding hydrogens is 368 g/mol. The molecule has 0 aliphatic heterocycles. The second kappa shape index (κ2) is 8.73. The molecule has 0 saturated heterocycles. The van der Waals surface area contributed by atoms with Crippen LogP contribution < -0.4 is 10.1 Å². The molecule has 150 valence electrons. The van der Waals surface area contributed by atoms with E-state index in [2.05, 4.69) is 10.3 Å². The van der Waals surface area contributed by atoms with Gasteiger partial charge in [-0.1, -0.05) is 31.2 Å². The van der Waals surface area contributed by atoms with Crippen molar-refractivity contribution in [3.63, 3.8) is 0 Å². The number of esters is 1. The number of methoxy groups -OCH3 is 1. The molecule has 2 aromatic carbocycles. The van der Waals surface area contributed by atoms with E-state index in [1.165, 1.54) is 0 Å². The standard InChI is InChI=1S/C23H24N2O4/c1-5-19-14(2)21(18-11-6-7-12-20(18)25-19)23(27)29-15(3)22(26)24-16-9-8-10-17(13-16)28-4/h6-13,15H,5H2,1-4H3,(H,24,26)/t15-/m1/s1. The predicted molar refractivity (Wildman–Crippen MR) is 112 cm³/mol. The molecule has 6 nitrogen and oxygen atoms in total. The van der Waals surface area contributed by atoms with Crippen molar-refractivity contribution in [3.8, 4) is 5.75 Å². The van der Waals surface area contributed by atoms with Crippen LogP contribution >= 0.6 is 0 Å². The minimum atomic E-state index is -0.967. The van der Waals surface area contributed by atoms with E-state index in [1.807, 2.05) is 38.1 Å². The highest BCUT2D eigenvalue weighted by molar-refractivity contribution is 6.06. The molecule has 1 amide bonds. The number of carbonyl (C=O) groups is 2. The fourth-order valence-corrected chi connectivity index (χ4v) is 3.18. The number of hydrogen-bond donors (Lipinski definition) is 1. The summed E-state index contributed by atoms with van der Waals surface area (Å²) in [5, 5.41) is 3.45. The van der Waals surface area contributed by atoms with Crippen molar-refractivity contribution in [2.75, 3.05) is 12.4 Å². The highest BCUT2D eigenvalue weighted by Crippen LogP contribution is 2.25. The number of nitrogens with zero attached hydrogens (tertiary/aromatic N) is 1. The first kappa shape index (κ1) is 20.3. The Labute approximate surface area is 169 Å². The minimum Gasteiger partial charge on any atom is -0.497 e. The van der Waals surface area contributed by atoms with Crippen LogP contribution in [0.5, 0.6) is 5.75 Å². The van der Waals surface area contributed by atoms with Crippen LogP contribution in [-0.4, -0.2) is 30.1 Å². The van der Waals surface area contributed by atoms with E-state index in [-0.39, 0.29) is 0 Å². The number of amides is 1. The fourth-order valence-electron chi connectivity index (χ4n) is 3.18. The van der Waals surface area contributed by atoms with Gasteiger partial charge < -0.3 is 14.8 Å². The summed E-state index contributed by atoms with van der Waals surface area (Å²) in [4.78, 5) is 30.1. The summed E-state index contributed by atoms with van der Waals surface area (Å²) >= 11 is 0. The van der Waals surface area contributed by atoms with Gasteiger partial charge in [0.25, 0.3) is 5.91 Å². The molecule has 1 N–H and O–H groups in total. The molecule has 0 unspecified atom stereocenters. The lowest BCUT2D eigenvalue weighted by Gasteiger charge is -2.17. The first-order valence-corrected chi connectivity index (χ1v) is 9.48. The number of ether oxygens (including phenoxy) is 2. The summed E-state index contributed by atoms with van der Waals surface area (Å²) in [6.07, 6.45) is -0.270. The highest BCUT2D eigenvalue weighted by Gasteiger charge is 2.23. The van der Waals surface area contributed by atoms with E-state index in [0.717, 1.165) is 16.8 Å². The van der Waals surface area contributed by atoms with Crippen molar-refractivity contribution in [1.29, 1.82) is 0 Å². The van der Waals surface area contributed by atoms with Gasteiger partial charge in [-0.05, 0) is 44.0 Å². The molecule has 0 saturated carbocycles. The van der Waals surface area contributed by atoms with Crippen molar-refractivity contribution in [2.45, 2.75) is 33.3 Å². The van der Waals surface area contributed by atoms with E-state index in [9.17, 15) is 9.59 Å². The maximum Gasteiger partial charge on any atom is 0.339 e. The van der Waals surface area contributed by atoms with Gasteiger partial charge >= 0.3 is 5.97 Å². The molecular formula is C23H24N2O4. The molecule has 0 fully saturated rings. The third kappa shape index (κ3) is 4.37. The number of aromatic nitrogens is 1. The minimum absolute atomic E-state index is 0.418. The maximum absolute atomic E-state index is 13.0. The van der Waals surface area contributed by atoms with Crippen molar-refractivity contribution >= 4 is 28.5 Å². The van der Waals surface area contributed by atoms with Gasteiger partial charge in [0.1, 0.15) is 5.75 Å². The number of para-hydroxylation sites is 1. The summed E-state index contributed by atoms with van der Waals surface area (Å²) in [5.41, 5.74) is 3.36. The Hall–Kier alpha value is -3.41. The van der Waals surface area contributed by atoms with Crippen LogP contribution in [0.15, 0.2) is 48.5 Å².